The van der Waals surface area contributed by atoms with Gasteiger partial charge in [-0.25, -0.2) is 0 Å². The van der Waals surface area contributed by atoms with E-state index in [9.17, 15) is 14.7 Å². The van der Waals surface area contributed by atoms with E-state index in [2.05, 4.69) is 22.3 Å². The van der Waals surface area contributed by atoms with Crippen molar-refractivity contribution >= 4 is 11.8 Å². The Hall–Kier alpha value is -2.16. The number of nitrogens with one attached hydrogen (secondary N) is 1. The predicted octanol–water partition coefficient (Wildman–Crippen LogP) is 2.09. The Morgan fingerprint density at radius 2 is 2.06 bits per heavy atom. The van der Waals surface area contributed by atoms with Crippen LogP contribution in [0, 0.1) is 0 Å². The molecule has 4 rings (SSSR count). The number of piperidine rings is 1. The molecule has 34 heavy (non-hydrogen) atoms. The second kappa shape index (κ2) is 11.1. The lowest BCUT2D eigenvalue weighted by atomic mass is 9.85. The third-order valence-electron chi connectivity index (χ3n) is 7.38. The number of amides is 2. The van der Waals surface area contributed by atoms with E-state index in [0.717, 1.165) is 57.6 Å². The van der Waals surface area contributed by atoms with Crippen LogP contribution in [0.25, 0.3) is 0 Å². The minimum Gasteiger partial charge on any atom is -0.494 e. The molecule has 0 spiro atoms. The summed E-state index contributed by atoms with van der Waals surface area (Å²) in [6.45, 7) is 7.59. The Morgan fingerprint density at radius 3 is 2.76 bits per heavy atom. The van der Waals surface area contributed by atoms with Gasteiger partial charge in [-0.3, -0.25) is 14.5 Å². The van der Waals surface area contributed by atoms with Gasteiger partial charge in [-0.1, -0.05) is 12.1 Å². The number of hydrogen-bond acceptors (Lipinski definition) is 6. The summed E-state index contributed by atoms with van der Waals surface area (Å²) in [4.78, 5) is 27.6. The number of carbonyl (C=O) groups is 2. The minimum atomic E-state index is -1.03. The molecular formula is C26H39N3O5. The number of fused-ring (bicyclic) bond motifs is 1. The summed E-state index contributed by atoms with van der Waals surface area (Å²) in [5.41, 5.74) is 0.163. The third kappa shape index (κ3) is 6.29. The predicted molar refractivity (Wildman–Crippen MR) is 128 cm³/mol. The number of benzene rings is 1. The van der Waals surface area contributed by atoms with Crippen molar-refractivity contribution in [2.75, 3.05) is 32.8 Å². The van der Waals surface area contributed by atoms with Crippen LogP contribution in [-0.4, -0.2) is 83.4 Å². The fourth-order valence-corrected chi connectivity index (χ4v) is 5.46. The standard InChI is InChI=1S/C26H39N3O5/c1-19(30)27-24-18-34-23-6-3-13-29(22(23)16-26(24,2)32)17-20-8-10-21(11-9-20)33-15-5-14-28-12-4-7-25(28)31/h8-11,22-24,32H,3-7,12-18H2,1-2H3,(H,27,30)/t22-,23-,24-,26-/m1/s1. The van der Waals surface area contributed by atoms with Gasteiger partial charge in [0.15, 0.2) is 0 Å². The zero-order valence-electron chi connectivity index (χ0n) is 20.5. The van der Waals surface area contributed by atoms with Crippen molar-refractivity contribution < 1.29 is 24.2 Å². The number of carbonyl (C=O) groups excluding carboxylic acids is 2. The zero-order chi connectivity index (χ0) is 24.1. The molecule has 3 aliphatic rings. The van der Waals surface area contributed by atoms with Crippen LogP contribution in [0.2, 0.25) is 0 Å². The molecule has 1 aromatic carbocycles. The molecule has 0 unspecified atom stereocenters. The number of rotatable bonds is 8. The van der Waals surface area contributed by atoms with Crippen LogP contribution in [0.1, 0.15) is 57.9 Å². The van der Waals surface area contributed by atoms with Gasteiger partial charge in [0.05, 0.1) is 31.0 Å². The first-order valence-corrected chi connectivity index (χ1v) is 12.7. The molecule has 8 heteroatoms. The van der Waals surface area contributed by atoms with Gasteiger partial charge in [-0.2, -0.15) is 0 Å². The van der Waals surface area contributed by atoms with E-state index >= 15 is 0 Å². The molecule has 1 aromatic rings. The molecule has 2 N–H and O–H groups in total. The first-order chi connectivity index (χ1) is 16.3. The highest BCUT2D eigenvalue weighted by molar-refractivity contribution is 5.78. The normalized spacial score (nSPS) is 30.0. The van der Waals surface area contributed by atoms with Crippen LogP contribution in [0.4, 0.5) is 0 Å². The van der Waals surface area contributed by atoms with Gasteiger partial charge in [0.25, 0.3) is 0 Å². The molecule has 3 saturated heterocycles. The van der Waals surface area contributed by atoms with Crippen molar-refractivity contribution in [3.8, 4) is 5.75 Å². The van der Waals surface area contributed by atoms with E-state index in [0.29, 0.717) is 26.1 Å². The van der Waals surface area contributed by atoms with E-state index in [1.807, 2.05) is 17.0 Å². The van der Waals surface area contributed by atoms with Crippen LogP contribution in [-0.2, 0) is 20.9 Å². The van der Waals surface area contributed by atoms with Crippen molar-refractivity contribution in [1.82, 2.24) is 15.1 Å². The topological polar surface area (TPSA) is 91.3 Å². The number of aliphatic hydroxyl groups is 1. The highest BCUT2D eigenvalue weighted by atomic mass is 16.5. The maximum atomic E-state index is 11.7. The second-order valence-corrected chi connectivity index (χ2v) is 10.2. The molecule has 3 aliphatic heterocycles. The van der Waals surface area contributed by atoms with Gasteiger partial charge < -0.3 is 24.8 Å². The third-order valence-corrected chi connectivity index (χ3v) is 7.38. The fourth-order valence-electron chi connectivity index (χ4n) is 5.46. The first kappa shape index (κ1) is 24.9. The molecule has 3 fully saturated rings. The van der Waals surface area contributed by atoms with E-state index in [-0.39, 0.29) is 24.0 Å². The first-order valence-electron chi connectivity index (χ1n) is 12.7. The van der Waals surface area contributed by atoms with Crippen LogP contribution < -0.4 is 10.1 Å². The highest BCUT2D eigenvalue weighted by Gasteiger charge is 2.44. The molecule has 0 aromatic heterocycles. The lowest BCUT2D eigenvalue weighted by Gasteiger charge is -2.42. The van der Waals surface area contributed by atoms with Crippen molar-refractivity contribution in [3.63, 3.8) is 0 Å². The summed E-state index contributed by atoms with van der Waals surface area (Å²) < 4.78 is 12.1. The molecule has 0 radical (unpaired) electrons. The molecule has 188 valence electrons. The Bertz CT molecular complexity index is 843. The molecule has 2 amide bonds. The minimum absolute atomic E-state index is 0.0593. The zero-order valence-corrected chi connectivity index (χ0v) is 20.5. The SMILES string of the molecule is CC(=O)N[C@@H]1CO[C@@H]2CCCN(Cc3ccc(OCCCN4CCCC4=O)cc3)[C@@H]2C[C@@]1(C)O. The Morgan fingerprint density at radius 1 is 1.26 bits per heavy atom. The second-order valence-electron chi connectivity index (χ2n) is 10.2. The van der Waals surface area contributed by atoms with Crippen molar-refractivity contribution in [3.05, 3.63) is 29.8 Å². The summed E-state index contributed by atoms with van der Waals surface area (Å²) in [6, 6.07) is 7.90. The molecular weight excluding hydrogens is 434 g/mol. The van der Waals surface area contributed by atoms with Crippen molar-refractivity contribution in [2.45, 2.75) is 82.7 Å². The van der Waals surface area contributed by atoms with Gasteiger partial charge >= 0.3 is 0 Å². The summed E-state index contributed by atoms with van der Waals surface area (Å²) >= 11 is 0. The van der Waals surface area contributed by atoms with Gasteiger partial charge in [0.2, 0.25) is 11.8 Å². The Kier molecular flexibility index (Phi) is 8.11. The van der Waals surface area contributed by atoms with Crippen molar-refractivity contribution in [1.29, 1.82) is 0 Å². The van der Waals surface area contributed by atoms with E-state index < -0.39 is 11.6 Å². The molecule has 0 bridgehead atoms. The lowest BCUT2D eigenvalue weighted by Crippen LogP contribution is -2.55. The number of ether oxygens (including phenoxy) is 2. The Labute approximate surface area is 202 Å². The number of hydrogen-bond donors (Lipinski definition) is 2. The van der Waals surface area contributed by atoms with E-state index in [1.165, 1.54) is 12.5 Å². The molecule has 0 saturated carbocycles. The summed E-state index contributed by atoms with van der Waals surface area (Å²) in [7, 11) is 0. The van der Waals surface area contributed by atoms with Gasteiger partial charge in [-0.15, -0.1) is 0 Å². The maximum absolute atomic E-state index is 11.7. The maximum Gasteiger partial charge on any atom is 0.222 e. The average Bonchev–Trinajstić information content (AvgIpc) is 3.15. The number of nitrogens with zero attached hydrogens (tertiary/aromatic N) is 2. The van der Waals surface area contributed by atoms with E-state index in [4.69, 9.17) is 9.47 Å². The fraction of sp³-hybridized carbons (Fsp3) is 0.692. The van der Waals surface area contributed by atoms with Crippen LogP contribution >= 0.6 is 0 Å². The molecule has 3 heterocycles. The molecule has 8 nitrogen and oxygen atoms in total. The van der Waals surface area contributed by atoms with Crippen LogP contribution in [0.15, 0.2) is 24.3 Å². The summed E-state index contributed by atoms with van der Waals surface area (Å²) in [5, 5.41) is 14.0. The quantitative estimate of drug-likeness (QED) is 0.562. The van der Waals surface area contributed by atoms with Crippen LogP contribution in [0.5, 0.6) is 5.75 Å². The summed E-state index contributed by atoms with van der Waals surface area (Å²) in [5.74, 6) is 0.949. The largest absolute Gasteiger partial charge is 0.494 e. The molecule has 4 atom stereocenters. The van der Waals surface area contributed by atoms with E-state index in [1.54, 1.807) is 6.92 Å². The highest BCUT2D eigenvalue weighted by Crippen LogP contribution is 2.33. The lowest BCUT2D eigenvalue weighted by molar-refractivity contribution is -0.127. The summed E-state index contributed by atoms with van der Waals surface area (Å²) in [6.07, 6.45) is 5.13. The van der Waals surface area contributed by atoms with Crippen LogP contribution in [0.3, 0.4) is 0 Å². The Balaban J connectivity index is 1.30. The molecule has 0 aliphatic carbocycles. The average molecular weight is 474 g/mol. The monoisotopic (exact) mass is 473 g/mol. The number of likely N-dealkylation sites (tertiary alicyclic amines) is 2. The van der Waals surface area contributed by atoms with Gasteiger partial charge in [0, 0.05) is 39.0 Å². The van der Waals surface area contributed by atoms with Gasteiger partial charge in [0.1, 0.15) is 5.75 Å². The van der Waals surface area contributed by atoms with Crippen molar-refractivity contribution in [2.24, 2.45) is 0 Å². The smallest absolute Gasteiger partial charge is 0.222 e. The van der Waals surface area contributed by atoms with Gasteiger partial charge in [-0.05, 0) is 63.3 Å².